The number of fused-ring (bicyclic) bond motifs is 1. The quantitative estimate of drug-likeness (QED) is 0.825. The Labute approximate surface area is 147 Å². The fourth-order valence-electron chi connectivity index (χ4n) is 3.01. The number of hydrogen-bond donors (Lipinski definition) is 0. The first-order chi connectivity index (χ1) is 12.3. The number of carbonyl (C=O) groups excluding carboxylic acids is 1. The molecule has 0 aliphatic carbocycles. The highest BCUT2D eigenvalue weighted by Crippen LogP contribution is 2.30. The van der Waals surface area contributed by atoms with Gasteiger partial charge in [-0.25, -0.2) is 4.98 Å². The molecule has 3 rings (SSSR count). The molecule has 2 aromatic heterocycles. The van der Waals surface area contributed by atoms with Crippen LogP contribution in [-0.4, -0.2) is 51.3 Å². The fourth-order valence-corrected chi connectivity index (χ4v) is 3.01. The van der Waals surface area contributed by atoms with Crippen molar-refractivity contribution in [3.05, 3.63) is 35.5 Å². The maximum Gasteiger partial charge on any atom is 0.434 e. The molecule has 0 bridgehead atoms. The average Bonchev–Trinajstić information content (AvgIpc) is 3.05. The minimum absolute atomic E-state index is 0.0398. The monoisotopic (exact) mass is 369 g/mol. The van der Waals surface area contributed by atoms with E-state index in [0.717, 1.165) is 6.20 Å². The molecule has 0 saturated carbocycles. The summed E-state index contributed by atoms with van der Waals surface area (Å²) >= 11 is 0. The molecule has 2 aromatic rings. The van der Waals surface area contributed by atoms with Gasteiger partial charge in [0.1, 0.15) is 5.82 Å². The molecule has 1 aliphatic heterocycles. The van der Waals surface area contributed by atoms with E-state index in [1.807, 2.05) is 0 Å². The number of alkyl halides is 3. The molecule has 10 heteroatoms. The van der Waals surface area contributed by atoms with E-state index in [1.165, 1.54) is 22.6 Å². The van der Waals surface area contributed by atoms with Crippen LogP contribution in [0.15, 0.2) is 18.3 Å². The number of imidazole rings is 1. The summed E-state index contributed by atoms with van der Waals surface area (Å²) in [5.74, 6) is 0.485. The summed E-state index contributed by atoms with van der Waals surface area (Å²) in [5, 5.41) is 7.59. The Morgan fingerprint density at radius 3 is 2.77 bits per heavy atom. The highest BCUT2D eigenvalue weighted by molar-refractivity contribution is 5.91. The van der Waals surface area contributed by atoms with Crippen molar-refractivity contribution in [2.24, 2.45) is 5.92 Å². The summed E-state index contributed by atoms with van der Waals surface area (Å²) in [7, 11) is 3.09. The first-order valence-corrected chi connectivity index (χ1v) is 8.04. The van der Waals surface area contributed by atoms with Crippen molar-refractivity contribution in [3.8, 4) is 5.88 Å². The molecule has 0 spiro atoms. The van der Waals surface area contributed by atoms with Crippen molar-refractivity contribution in [1.29, 1.82) is 0 Å². The Bertz CT molecular complexity index is 788. The number of methoxy groups -OCH3 is 1. The van der Waals surface area contributed by atoms with E-state index in [0.29, 0.717) is 37.6 Å². The van der Waals surface area contributed by atoms with Crippen LogP contribution in [0.4, 0.5) is 13.2 Å². The van der Waals surface area contributed by atoms with Gasteiger partial charge in [-0.15, -0.1) is 10.2 Å². The smallest absolute Gasteiger partial charge is 0.434 e. The van der Waals surface area contributed by atoms with Crippen LogP contribution in [0.1, 0.15) is 28.4 Å². The van der Waals surface area contributed by atoms with Gasteiger partial charge in [0.15, 0.2) is 11.4 Å². The van der Waals surface area contributed by atoms with Gasteiger partial charge in [-0.3, -0.25) is 4.79 Å². The molecule has 0 unspecified atom stereocenters. The fraction of sp³-hybridized carbons (Fsp3) is 0.500. The van der Waals surface area contributed by atoms with Crippen LogP contribution < -0.4 is 4.74 Å². The lowest BCUT2D eigenvalue weighted by Gasteiger charge is -2.28. The lowest BCUT2D eigenvalue weighted by molar-refractivity contribution is -0.141. The molecule has 7 nitrogen and oxygen atoms in total. The Morgan fingerprint density at radius 1 is 1.38 bits per heavy atom. The van der Waals surface area contributed by atoms with E-state index >= 15 is 0 Å². The van der Waals surface area contributed by atoms with Gasteiger partial charge >= 0.3 is 6.18 Å². The van der Waals surface area contributed by atoms with Gasteiger partial charge in [-0.1, -0.05) is 0 Å². The third kappa shape index (κ3) is 3.78. The van der Waals surface area contributed by atoms with E-state index in [1.54, 1.807) is 13.1 Å². The van der Waals surface area contributed by atoms with Crippen molar-refractivity contribution in [3.63, 3.8) is 0 Å². The van der Waals surface area contributed by atoms with Gasteiger partial charge in [-0.05, 0) is 18.4 Å². The third-order valence-electron chi connectivity index (χ3n) is 4.33. The predicted octanol–water partition coefficient (Wildman–Crippen LogP) is 2.04. The van der Waals surface area contributed by atoms with Crippen LogP contribution in [0.2, 0.25) is 0 Å². The molecule has 0 fully saturated rings. The topological polar surface area (TPSA) is 73.1 Å². The summed E-state index contributed by atoms with van der Waals surface area (Å²) in [6.45, 7) is 0.801. The SMILES string of the molecule is COc1ccc(C(=O)N(C)C[C@@H]2CCc3nc(C(F)(F)F)cn3C2)nn1. The lowest BCUT2D eigenvalue weighted by Crippen LogP contribution is -2.35. The summed E-state index contributed by atoms with van der Waals surface area (Å²) in [6, 6.07) is 3.07. The highest BCUT2D eigenvalue weighted by atomic mass is 19.4. The van der Waals surface area contributed by atoms with Crippen molar-refractivity contribution < 1.29 is 22.7 Å². The van der Waals surface area contributed by atoms with Crippen LogP contribution in [-0.2, 0) is 19.1 Å². The van der Waals surface area contributed by atoms with Crippen LogP contribution in [0.3, 0.4) is 0 Å². The summed E-state index contributed by atoms with van der Waals surface area (Å²) in [6.07, 6.45) is -2.29. The zero-order valence-corrected chi connectivity index (χ0v) is 14.3. The van der Waals surface area contributed by atoms with E-state index in [2.05, 4.69) is 15.2 Å². The van der Waals surface area contributed by atoms with Crippen molar-refractivity contribution >= 4 is 5.91 Å². The predicted molar refractivity (Wildman–Crippen MR) is 84.6 cm³/mol. The molecule has 1 aliphatic rings. The molecular weight excluding hydrogens is 351 g/mol. The van der Waals surface area contributed by atoms with Gasteiger partial charge in [0.2, 0.25) is 5.88 Å². The van der Waals surface area contributed by atoms with Crippen molar-refractivity contribution in [2.75, 3.05) is 20.7 Å². The van der Waals surface area contributed by atoms with Gasteiger partial charge in [0.05, 0.1) is 7.11 Å². The average molecular weight is 369 g/mol. The van der Waals surface area contributed by atoms with Gasteiger partial charge < -0.3 is 14.2 Å². The Balaban J connectivity index is 1.64. The van der Waals surface area contributed by atoms with Crippen LogP contribution in [0.5, 0.6) is 5.88 Å². The molecule has 1 amide bonds. The van der Waals surface area contributed by atoms with E-state index in [4.69, 9.17) is 4.74 Å². The largest absolute Gasteiger partial charge is 0.480 e. The molecule has 0 aromatic carbocycles. The zero-order valence-electron chi connectivity index (χ0n) is 14.3. The number of amides is 1. The Morgan fingerprint density at radius 2 is 2.15 bits per heavy atom. The second kappa shape index (κ2) is 6.93. The second-order valence-electron chi connectivity index (χ2n) is 6.24. The normalized spacial score (nSPS) is 16.9. The van der Waals surface area contributed by atoms with Crippen molar-refractivity contribution in [1.82, 2.24) is 24.6 Å². The molecule has 1 atom stereocenters. The summed E-state index contributed by atoms with van der Waals surface area (Å²) in [4.78, 5) is 17.6. The number of aromatic nitrogens is 4. The lowest BCUT2D eigenvalue weighted by atomic mass is 9.99. The molecule has 0 saturated heterocycles. The number of rotatable bonds is 4. The van der Waals surface area contributed by atoms with Crippen molar-refractivity contribution in [2.45, 2.75) is 25.6 Å². The molecule has 0 N–H and O–H groups in total. The zero-order chi connectivity index (χ0) is 18.9. The Kier molecular flexibility index (Phi) is 4.84. The summed E-state index contributed by atoms with van der Waals surface area (Å²) < 4.78 is 44.8. The molecule has 0 radical (unpaired) electrons. The number of aryl methyl sites for hydroxylation is 1. The number of ether oxygens (including phenoxy) is 1. The first-order valence-electron chi connectivity index (χ1n) is 8.04. The van der Waals surface area contributed by atoms with E-state index < -0.39 is 11.9 Å². The number of nitrogens with zero attached hydrogens (tertiary/aromatic N) is 5. The number of carbonyl (C=O) groups is 1. The minimum Gasteiger partial charge on any atom is -0.480 e. The van der Waals surface area contributed by atoms with Gasteiger partial charge in [0, 0.05) is 38.8 Å². The summed E-state index contributed by atoms with van der Waals surface area (Å²) in [5.41, 5.74) is -0.683. The van der Waals surface area contributed by atoms with Crippen LogP contribution in [0, 0.1) is 5.92 Å². The molecular formula is C16H18F3N5O2. The number of hydrogen-bond acceptors (Lipinski definition) is 5. The molecule has 3 heterocycles. The third-order valence-corrected chi connectivity index (χ3v) is 4.33. The highest BCUT2D eigenvalue weighted by Gasteiger charge is 2.36. The van der Waals surface area contributed by atoms with Gasteiger partial charge in [0.25, 0.3) is 5.91 Å². The molecule has 140 valence electrons. The standard InChI is InChI=1S/C16H18F3N5O2/c1-23(15(25)11-4-6-14(26-2)22-21-11)7-10-3-5-13-20-12(16(17,18)19)9-24(13)8-10/h4,6,9-10H,3,5,7-8H2,1-2H3/t10-/m0/s1. The van der Waals surface area contributed by atoms with Crippen LogP contribution in [0.25, 0.3) is 0 Å². The second-order valence-corrected chi connectivity index (χ2v) is 6.24. The van der Waals surface area contributed by atoms with E-state index in [9.17, 15) is 18.0 Å². The maximum atomic E-state index is 12.8. The Hall–Kier alpha value is -2.65. The van der Waals surface area contributed by atoms with Gasteiger partial charge in [-0.2, -0.15) is 13.2 Å². The van der Waals surface area contributed by atoms with Crippen LogP contribution >= 0.6 is 0 Å². The van der Waals surface area contributed by atoms with E-state index in [-0.39, 0.29) is 17.5 Å². The minimum atomic E-state index is -4.44. The maximum absolute atomic E-state index is 12.8. The first kappa shape index (κ1) is 18.2. The number of halogens is 3. The molecule has 26 heavy (non-hydrogen) atoms.